The number of anilines is 1. The average molecular weight is 320 g/mol. The summed E-state index contributed by atoms with van der Waals surface area (Å²) in [5.74, 6) is -1.21. The number of hydrogen-bond donors (Lipinski definition) is 2. The summed E-state index contributed by atoms with van der Waals surface area (Å²) in [6, 6.07) is 13.4. The maximum atomic E-state index is 12.2. The van der Waals surface area contributed by atoms with Gasteiger partial charge in [-0.1, -0.05) is 30.3 Å². The molecule has 3 N–H and O–H groups in total. The number of sulfonamides is 1. The fraction of sp³-hybridized carbons (Fsp3) is 0.133. The molecule has 0 fully saturated rings. The molecule has 0 unspecified atom stereocenters. The van der Waals surface area contributed by atoms with Crippen molar-refractivity contribution in [1.29, 1.82) is 0 Å². The third-order valence-corrected chi connectivity index (χ3v) is 5.01. The Balaban J connectivity index is 2.33. The van der Waals surface area contributed by atoms with Crippen LogP contribution in [0.2, 0.25) is 0 Å². The quantitative estimate of drug-likeness (QED) is 0.816. The van der Waals surface area contributed by atoms with E-state index in [0.29, 0.717) is 5.69 Å². The van der Waals surface area contributed by atoms with Gasteiger partial charge in [-0.3, -0.25) is 4.79 Å². The molecule has 0 heterocycles. The van der Waals surface area contributed by atoms with Gasteiger partial charge in [0.25, 0.3) is 0 Å². The van der Waals surface area contributed by atoms with Crippen molar-refractivity contribution in [2.45, 2.75) is 4.90 Å². The molecule has 0 saturated heterocycles. The highest BCUT2D eigenvalue weighted by Gasteiger charge is 2.22. The summed E-state index contributed by atoms with van der Waals surface area (Å²) in [6.07, 6.45) is 0. The van der Waals surface area contributed by atoms with Crippen LogP contribution in [0.25, 0.3) is 11.1 Å². The van der Waals surface area contributed by atoms with Crippen LogP contribution in [0.1, 0.15) is 0 Å². The van der Waals surface area contributed by atoms with E-state index in [1.807, 2.05) is 18.2 Å². The Morgan fingerprint density at radius 3 is 2.27 bits per heavy atom. The van der Waals surface area contributed by atoms with Crippen LogP contribution in [0.4, 0.5) is 5.69 Å². The lowest BCUT2D eigenvalue weighted by molar-refractivity contribution is -0.137. The van der Waals surface area contributed by atoms with Crippen LogP contribution in [0.15, 0.2) is 53.4 Å². The normalized spacial score (nSPS) is 11.5. The molecule has 0 saturated carbocycles. The highest BCUT2D eigenvalue weighted by atomic mass is 32.2. The first kappa shape index (κ1) is 16.0. The standard InChI is InChI=1S/C15H16N2O4S/c1-17(10-15(18)19)22(20,21)12-8-6-11(7-9-12)13-4-2-3-5-14(13)16/h2-9H,10,16H2,1H3,(H,18,19). The molecule has 0 atom stereocenters. The first-order chi connectivity index (χ1) is 10.3. The molecule has 2 aromatic rings. The van der Waals surface area contributed by atoms with E-state index in [2.05, 4.69) is 0 Å². The molecule has 22 heavy (non-hydrogen) atoms. The van der Waals surface area contributed by atoms with Gasteiger partial charge in [0.15, 0.2) is 0 Å². The molecule has 0 amide bonds. The number of nitrogen functional groups attached to an aromatic ring is 1. The van der Waals surface area contributed by atoms with E-state index in [0.717, 1.165) is 15.4 Å². The zero-order chi connectivity index (χ0) is 16.3. The number of para-hydroxylation sites is 1. The van der Waals surface area contributed by atoms with Gasteiger partial charge in [0.2, 0.25) is 10.0 Å². The Labute approximate surface area is 128 Å². The van der Waals surface area contributed by atoms with Crippen LogP contribution < -0.4 is 5.73 Å². The maximum Gasteiger partial charge on any atom is 0.318 e. The van der Waals surface area contributed by atoms with E-state index in [-0.39, 0.29) is 4.90 Å². The molecular formula is C15H16N2O4S. The van der Waals surface area contributed by atoms with Gasteiger partial charge in [0.05, 0.1) is 4.90 Å². The number of hydrogen-bond acceptors (Lipinski definition) is 4. The Hall–Kier alpha value is -2.38. The van der Waals surface area contributed by atoms with Gasteiger partial charge in [-0.2, -0.15) is 4.31 Å². The van der Waals surface area contributed by atoms with Crippen LogP contribution in [0.5, 0.6) is 0 Å². The number of benzene rings is 2. The van der Waals surface area contributed by atoms with Gasteiger partial charge in [0.1, 0.15) is 6.54 Å². The molecule has 116 valence electrons. The van der Waals surface area contributed by atoms with Gasteiger partial charge >= 0.3 is 5.97 Å². The second-order valence-corrected chi connectivity index (χ2v) is 6.81. The molecule has 7 heteroatoms. The largest absolute Gasteiger partial charge is 0.480 e. The van der Waals surface area contributed by atoms with Crippen molar-refractivity contribution in [3.05, 3.63) is 48.5 Å². The second-order valence-electron chi connectivity index (χ2n) is 4.77. The Bertz CT molecular complexity index is 785. The number of aliphatic carboxylic acids is 1. The lowest BCUT2D eigenvalue weighted by Crippen LogP contribution is -2.31. The van der Waals surface area contributed by atoms with E-state index < -0.39 is 22.5 Å². The molecule has 0 bridgehead atoms. The van der Waals surface area contributed by atoms with E-state index in [1.54, 1.807) is 18.2 Å². The molecule has 0 aliphatic carbocycles. The lowest BCUT2D eigenvalue weighted by Gasteiger charge is -2.15. The maximum absolute atomic E-state index is 12.2. The predicted octanol–water partition coefficient (Wildman–Crippen LogP) is 1.64. The molecule has 2 aromatic carbocycles. The third-order valence-electron chi connectivity index (χ3n) is 3.19. The SMILES string of the molecule is CN(CC(=O)O)S(=O)(=O)c1ccc(-c2ccccc2N)cc1. The van der Waals surface area contributed by atoms with E-state index in [4.69, 9.17) is 10.8 Å². The van der Waals surface area contributed by atoms with Crippen molar-refractivity contribution in [2.24, 2.45) is 0 Å². The molecule has 0 radical (unpaired) electrons. The van der Waals surface area contributed by atoms with Crippen LogP contribution in [-0.4, -0.2) is 37.4 Å². The summed E-state index contributed by atoms with van der Waals surface area (Å²) >= 11 is 0. The van der Waals surface area contributed by atoms with Crippen LogP contribution in [0, 0.1) is 0 Å². The number of carbonyl (C=O) groups is 1. The Morgan fingerprint density at radius 1 is 1.14 bits per heavy atom. The fourth-order valence-corrected chi connectivity index (χ4v) is 3.14. The number of carboxylic acids is 1. The lowest BCUT2D eigenvalue weighted by atomic mass is 10.0. The topological polar surface area (TPSA) is 101 Å². The van der Waals surface area contributed by atoms with Gasteiger partial charge < -0.3 is 10.8 Å². The average Bonchev–Trinajstić information content (AvgIpc) is 2.47. The van der Waals surface area contributed by atoms with Crippen molar-refractivity contribution in [2.75, 3.05) is 19.3 Å². The number of carboxylic acid groups (broad SMARTS) is 1. The number of nitrogens with two attached hydrogens (primary N) is 1. The number of likely N-dealkylation sites (N-methyl/N-ethyl adjacent to an activating group) is 1. The zero-order valence-corrected chi connectivity index (χ0v) is 12.7. The van der Waals surface area contributed by atoms with Gasteiger partial charge in [-0.05, 0) is 23.8 Å². The first-order valence-corrected chi connectivity index (χ1v) is 7.89. The van der Waals surface area contributed by atoms with Gasteiger partial charge in [0, 0.05) is 18.3 Å². The number of nitrogens with zero attached hydrogens (tertiary/aromatic N) is 1. The molecule has 0 spiro atoms. The van der Waals surface area contributed by atoms with Crippen LogP contribution in [0.3, 0.4) is 0 Å². The fourth-order valence-electron chi connectivity index (χ4n) is 2.02. The Morgan fingerprint density at radius 2 is 1.73 bits per heavy atom. The van der Waals surface area contributed by atoms with Crippen LogP contribution >= 0.6 is 0 Å². The summed E-state index contributed by atoms with van der Waals surface area (Å²) in [5, 5.41) is 8.70. The molecular weight excluding hydrogens is 304 g/mol. The van der Waals surface area contributed by atoms with Gasteiger partial charge in [-0.15, -0.1) is 0 Å². The number of rotatable bonds is 5. The minimum Gasteiger partial charge on any atom is -0.480 e. The van der Waals surface area contributed by atoms with E-state index in [1.165, 1.54) is 19.2 Å². The minimum absolute atomic E-state index is 0.0366. The van der Waals surface area contributed by atoms with Crippen molar-refractivity contribution in [3.8, 4) is 11.1 Å². The predicted molar refractivity (Wildman–Crippen MR) is 83.7 cm³/mol. The van der Waals surface area contributed by atoms with Crippen molar-refractivity contribution in [1.82, 2.24) is 4.31 Å². The summed E-state index contributed by atoms with van der Waals surface area (Å²) in [7, 11) is -2.59. The summed E-state index contributed by atoms with van der Waals surface area (Å²) in [4.78, 5) is 10.7. The highest BCUT2D eigenvalue weighted by molar-refractivity contribution is 7.89. The zero-order valence-electron chi connectivity index (χ0n) is 11.9. The van der Waals surface area contributed by atoms with Crippen LogP contribution in [-0.2, 0) is 14.8 Å². The van der Waals surface area contributed by atoms with E-state index in [9.17, 15) is 13.2 Å². The highest BCUT2D eigenvalue weighted by Crippen LogP contribution is 2.27. The Kier molecular flexibility index (Phi) is 4.48. The molecule has 2 rings (SSSR count). The third kappa shape index (κ3) is 3.26. The van der Waals surface area contributed by atoms with Crippen molar-refractivity contribution in [3.63, 3.8) is 0 Å². The minimum atomic E-state index is -3.82. The molecule has 0 aliphatic heterocycles. The molecule has 6 nitrogen and oxygen atoms in total. The second kappa shape index (κ2) is 6.17. The summed E-state index contributed by atoms with van der Waals surface area (Å²) < 4.78 is 25.2. The summed E-state index contributed by atoms with van der Waals surface area (Å²) in [5.41, 5.74) is 8.09. The summed E-state index contributed by atoms with van der Waals surface area (Å²) in [6.45, 7) is -0.588. The first-order valence-electron chi connectivity index (χ1n) is 6.45. The smallest absolute Gasteiger partial charge is 0.318 e. The van der Waals surface area contributed by atoms with Crippen molar-refractivity contribution < 1.29 is 18.3 Å². The molecule has 0 aliphatic rings. The van der Waals surface area contributed by atoms with Gasteiger partial charge in [-0.25, -0.2) is 8.42 Å². The molecule has 0 aromatic heterocycles. The van der Waals surface area contributed by atoms with Crippen molar-refractivity contribution >= 4 is 21.7 Å². The monoisotopic (exact) mass is 320 g/mol. The van der Waals surface area contributed by atoms with E-state index >= 15 is 0 Å².